The first-order chi connectivity index (χ1) is 16.5. The summed E-state index contributed by atoms with van der Waals surface area (Å²) in [4.78, 5) is 22.1. The zero-order valence-corrected chi connectivity index (χ0v) is 18.7. The molecule has 0 spiro atoms. The lowest BCUT2D eigenvalue weighted by molar-refractivity contribution is 0.0694. The van der Waals surface area contributed by atoms with Gasteiger partial charge in [-0.25, -0.2) is 13.8 Å². The van der Waals surface area contributed by atoms with Crippen LogP contribution in [0.3, 0.4) is 0 Å². The number of amides is 1. The normalized spacial score (nSPS) is 15.4. The number of H-pyrrole nitrogens is 1. The minimum atomic E-state index is -2.71. The Kier molecular flexibility index (Phi) is 5.65. The fourth-order valence-corrected chi connectivity index (χ4v) is 4.59. The summed E-state index contributed by atoms with van der Waals surface area (Å²) in [5.74, 6) is 0.640. The van der Waals surface area contributed by atoms with Gasteiger partial charge in [-0.15, -0.1) is 0 Å². The van der Waals surface area contributed by atoms with Crippen molar-refractivity contribution in [2.45, 2.75) is 18.9 Å². The van der Waals surface area contributed by atoms with E-state index >= 15 is 0 Å². The molecule has 174 valence electrons. The van der Waals surface area contributed by atoms with Crippen molar-refractivity contribution in [3.63, 3.8) is 0 Å². The Morgan fingerprint density at radius 2 is 1.79 bits per heavy atom. The number of hydrogen-bond acceptors (Lipinski definition) is 4. The number of benzene rings is 3. The van der Waals surface area contributed by atoms with Gasteiger partial charge in [-0.3, -0.25) is 4.79 Å². The number of imidazole rings is 1. The molecule has 1 unspecified atom stereocenters. The summed E-state index contributed by atoms with van der Waals surface area (Å²) < 4.78 is 37.1. The first-order valence-corrected chi connectivity index (χ1v) is 10.9. The molecule has 0 radical (unpaired) electrons. The monoisotopic (exact) mass is 463 g/mol. The maximum Gasteiger partial charge on any atom is 0.295 e. The first kappa shape index (κ1) is 21.9. The number of aromatic amines is 1. The van der Waals surface area contributed by atoms with Crippen LogP contribution in [0.1, 0.15) is 45.3 Å². The summed E-state index contributed by atoms with van der Waals surface area (Å²) in [6, 6.07) is 18.2. The van der Waals surface area contributed by atoms with E-state index in [-0.39, 0.29) is 11.9 Å². The molecule has 4 aromatic rings. The lowest BCUT2D eigenvalue weighted by Crippen LogP contribution is -2.40. The van der Waals surface area contributed by atoms with E-state index in [0.29, 0.717) is 41.1 Å². The molecule has 6 nitrogen and oxygen atoms in total. The third kappa shape index (κ3) is 3.75. The number of fused-ring (bicyclic) bond motifs is 2. The second-order valence-corrected chi connectivity index (χ2v) is 8.12. The molecule has 0 bridgehead atoms. The van der Waals surface area contributed by atoms with E-state index in [1.54, 1.807) is 32.4 Å². The van der Waals surface area contributed by atoms with Crippen LogP contribution in [-0.4, -0.2) is 41.5 Å². The molecule has 0 saturated carbocycles. The number of nitrogens with one attached hydrogen (secondary N) is 1. The van der Waals surface area contributed by atoms with Crippen molar-refractivity contribution in [2.24, 2.45) is 0 Å². The van der Waals surface area contributed by atoms with Gasteiger partial charge >= 0.3 is 0 Å². The molecule has 1 aliphatic rings. The van der Waals surface area contributed by atoms with Crippen molar-refractivity contribution >= 4 is 16.9 Å². The summed E-state index contributed by atoms with van der Waals surface area (Å²) in [5, 5.41) is 0. The minimum absolute atomic E-state index is 0.190. The van der Waals surface area contributed by atoms with E-state index in [4.69, 9.17) is 9.47 Å². The van der Waals surface area contributed by atoms with Crippen molar-refractivity contribution in [2.75, 3.05) is 20.8 Å². The van der Waals surface area contributed by atoms with Crippen LogP contribution >= 0.6 is 0 Å². The van der Waals surface area contributed by atoms with Crippen LogP contribution in [0.4, 0.5) is 8.78 Å². The molecule has 0 fully saturated rings. The van der Waals surface area contributed by atoms with Crippen LogP contribution < -0.4 is 9.47 Å². The second kappa shape index (κ2) is 8.78. The highest BCUT2D eigenvalue weighted by atomic mass is 19.3. The van der Waals surface area contributed by atoms with Crippen LogP contribution in [0.25, 0.3) is 11.0 Å². The highest BCUT2D eigenvalue weighted by Gasteiger charge is 2.34. The smallest absolute Gasteiger partial charge is 0.295 e. The third-order valence-electron chi connectivity index (χ3n) is 6.20. The van der Waals surface area contributed by atoms with E-state index < -0.39 is 12.2 Å². The predicted octanol–water partition coefficient (Wildman–Crippen LogP) is 5.31. The van der Waals surface area contributed by atoms with Crippen LogP contribution in [0.2, 0.25) is 0 Å². The zero-order chi connectivity index (χ0) is 23.8. The van der Waals surface area contributed by atoms with E-state index in [2.05, 4.69) is 9.97 Å². The molecule has 5 rings (SSSR count). The molecule has 1 amide bonds. The van der Waals surface area contributed by atoms with Crippen LogP contribution in [-0.2, 0) is 6.42 Å². The van der Waals surface area contributed by atoms with Crippen LogP contribution in [0.15, 0.2) is 60.7 Å². The molecule has 2 heterocycles. The number of aromatic nitrogens is 2. The fraction of sp³-hybridized carbons (Fsp3) is 0.231. The Labute approximate surface area is 195 Å². The van der Waals surface area contributed by atoms with Gasteiger partial charge in [0.15, 0.2) is 17.3 Å². The minimum Gasteiger partial charge on any atom is -0.493 e. The predicted molar refractivity (Wildman–Crippen MR) is 124 cm³/mol. The number of nitrogens with zero attached hydrogens (tertiary/aromatic N) is 2. The van der Waals surface area contributed by atoms with Gasteiger partial charge in [0.25, 0.3) is 12.3 Å². The first-order valence-electron chi connectivity index (χ1n) is 10.9. The number of carbonyl (C=O) groups is 1. The van der Waals surface area contributed by atoms with Gasteiger partial charge < -0.3 is 19.4 Å². The zero-order valence-electron chi connectivity index (χ0n) is 18.7. The van der Waals surface area contributed by atoms with Crippen LogP contribution in [0, 0.1) is 0 Å². The second-order valence-electron chi connectivity index (χ2n) is 8.12. The molecular formula is C26H23F2N3O3. The van der Waals surface area contributed by atoms with Crippen LogP contribution in [0.5, 0.6) is 11.5 Å². The Morgan fingerprint density at radius 3 is 2.50 bits per heavy atom. The average Bonchev–Trinajstić information content (AvgIpc) is 3.31. The maximum atomic E-state index is 13.7. The summed E-state index contributed by atoms with van der Waals surface area (Å²) in [6.07, 6.45) is -2.06. The van der Waals surface area contributed by atoms with Gasteiger partial charge in [0, 0.05) is 12.1 Å². The van der Waals surface area contributed by atoms with Gasteiger partial charge in [-0.2, -0.15) is 0 Å². The van der Waals surface area contributed by atoms with E-state index in [1.807, 2.05) is 47.4 Å². The molecule has 1 atom stereocenters. The third-order valence-corrected chi connectivity index (χ3v) is 6.20. The number of halogens is 2. The Hall–Kier alpha value is -3.94. The SMILES string of the molecule is COc1cc2c(cc1OC)C(c1ccccc1)N(C(=O)c1ccc3nc(C(F)F)[nH]c3c1)CC2. The number of alkyl halides is 2. The molecule has 3 aromatic carbocycles. The molecule has 0 saturated heterocycles. The summed E-state index contributed by atoms with van der Waals surface area (Å²) >= 11 is 0. The molecule has 1 aliphatic heterocycles. The lowest BCUT2D eigenvalue weighted by atomic mass is 9.87. The van der Waals surface area contributed by atoms with Crippen molar-refractivity contribution in [3.8, 4) is 11.5 Å². The Morgan fingerprint density at radius 1 is 1.06 bits per heavy atom. The lowest BCUT2D eigenvalue weighted by Gasteiger charge is -2.38. The summed E-state index contributed by atoms with van der Waals surface area (Å²) in [6.45, 7) is 0.490. The topological polar surface area (TPSA) is 67.5 Å². The van der Waals surface area contributed by atoms with Crippen molar-refractivity contribution in [3.05, 3.63) is 88.7 Å². The fourth-order valence-electron chi connectivity index (χ4n) is 4.59. The standard InChI is InChI=1S/C26H23F2N3O3/c1-33-21-13-16-10-11-31(23(15-6-4-3-5-7-15)18(16)14-22(21)34-2)26(32)17-8-9-19-20(12-17)30-25(29-19)24(27)28/h3-9,12-14,23-24H,10-11H2,1-2H3,(H,29,30). The van der Waals surface area contributed by atoms with Crippen molar-refractivity contribution < 1.29 is 23.0 Å². The molecule has 1 aromatic heterocycles. The summed E-state index contributed by atoms with van der Waals surface area (Å²) in [5.41, 5.74) is 4.22. The highest BCUT2D eigenvalue weighted by Crippen LogP contribution is 2.41. The van der Waals surface area contributed by atoms with E-state index in [1.165, 1.54) is 0 Å². The Balaban J connectivity index is 1.59. The number of methoxy groups -OCH3 is 2. The number of rotatable bonds is 5. The van der Waals surface area contributed by atoms with Crippen molar-refractivity contribution in [1.82, 2.24) is 14.9 Å². The van der Waals surface area contributed by atoms with Gasteiger partial charge in [-0.05, 0) is 53.4 Å². The summed E-state index contributed by atoms with van der Waals surface area (Å²) in [7, 11) is 3.18. The average molecular weight is 463 g/mol. The molecule has 0 aliphatic carbocycles. The molecule has 1 N–H and O–H groups in total. The van der Waals surface area contributed by atoms with Gasteiger partial charge in [0.05, 0.1) is 31.3 Å². The molecule has 8 heteroatoms. The highest BCUT2D eigenvalue weighted by molar-refractivity contribution is 5.98. The number of hydrogen-bond donors (Lipinski definition) is 1. The van der Waals surface area contributed by atoms with Gasteiger partial charge in [0.1, 0.15) is 0 Å². The van der Waals surface area contributed by atoms with E-state index in [0.717, 1.165) is 16.7 Å². The molecular weight excluding hydrogens is 440 g/mol. The van der Waals surface area contributed by atoms with Gasteiger partial charge in [0.2, 0.25) is 0 Å². The van der Waals surface area contributed by atoms with Gasteiger partial charge in [-0.1, -0.05) is 30.3 Å². The maximum absolute atomic E-state index is 13.7. The quantitative estimate of drug-likeness (QED) is 0.436. The van der Waals surface area contributed by atoms with Crippen molar-refractivity contribution in [1.29, 1.82) is 0 Å². The number of carbonyl (C=O) groups excluding carboxylic acids is 1. The number of ether oxygens (including phenoxy) is 2. The van der Waals surface area contributed by atoms with E-state index in [9.17, 15) is 13.6 Å². The largest absolute Gasteiger partial charge is 0.493 e. The molecule has 34 heavy (non-hydrogen) atoms. The Bertz CT molecular complexity index is 1350.